The quantitative estimate of drug-likeness (QED) is 0.209. The molecule has 2 aromatic rings. The zero-order valence-corrected chi connectivity index (χ0v) is 32.8. The van der Waals surface area contributed by atoms with Crippen LogP contribution in [0, 0.1) is 0 Å². The molecule has 1 saturated heterocycles. The van der Waals surface area contributed by atoms with Crippen molar-refractivity contribution < 1.29 is 33.1 Å². The summed E-state index contributed by atoms with van der Waals surface area (Å²) in [6.07, 6.45) is -0.494. The van der Waals surface area contributed by atoms with E-state index >= 15 is 0 Å². The van der Waals surface area contributed by atoms with E-state index in [0.717, 1.165) is 5.56 Å². The molecule has 1 aromatic heterocycles. The van der Waals surface area contributed by atoms with Gasteiger partial charge in [-0.2, -0.15) is 0 Å². The molecule has 1 N–H and O–H groups in total. The van der Waals surface area contributed by atoms with Crippen LogP contribution in [0.4, 0.5) is 4.79 Å². The van der Waals surface area contributed by atoms with Crippen LogP contribution in [-0.2, 0) is 28.9 Å². The predicted octanol–water partition coefficient (Wildman–Crippen LogP) is 5.96. The topological polar surface area (TPSA) is 140 Å². The van der Waals surface area contributed by atoms with Crippen molar-refractivity contribution in [2.75, 3.05) is 39.4 Å². The fourth-order valence-electron chi connectivity index (χ4n) is 4.97. The molecule has 1 fully saturated rings. The van der Waals surface area contributed by atoms with Crippen LogP contribution in [0.1, 0.15) is 91.3 Å². The first-order valence-corrected chi connectivity index (χ1v) is 20.4. The third-order valence-corrected chi connectivity index (χ3v) is 13.5. The lowest BCUT2D eigenvalue weighted by Gasteiger charge is -2.39. The summed E-state index contributed by atoms with van der Waals surface area (Å²) in [7, 11) is -2.09. The fraction of sp³-hybridized carbons (Fsp3) is 0.622. The largest absolute Gasteiger partial charge is 0.460 e. The highest BCUT2D eigenvalue weighted by Crippen LogP contribution is 2.38. The maximum Gasteiger partial charge on any atom is 0.409 e. The van der Waals surface area contributed by atoms with Crippen LogP contribution in [0.3, 0.4) is 0 Å². The number of ether oxygens (including phenoxy) is 2. The molecule has 0 bridgehead atoms. The third-order valence-electron chi connectivity index (χ3n) is 9.06. The number of nitrogens with one attached hydrogen (secondary N) is 1. The van der Waals surface area contributed by atoms with Crippen LogP contribution in [0.5, 0.6) is 0 Å². The molecular weight excluding hydrogens is 655 g/mol. The number of hydrogen-bond acceptors (Lipinski definition) is 9. The molecule has 1 atom stereocenters. The molecule has 13 heteroatoms. The average molecular weight is 712 g/mol. The summed E-state index contributed by atoms with van der Waals surface area (Å²) >= 11 is 0. The smallest absolute Gasteiger partial charge is 0.409 e. The van der Waals surface area contributed by atoms with Gasteiger partial charge >= 0.3 is 12.1 Å². The standard InChI is InChI=1S/C37H57N5O7Si/c1-12-47-34(46)42-22-20-41(21-23-42)33(45)27(18-19-30(43)49-35(2,3)4)39-32(44)28-24-29(40-31(38-28)26-16-14-13-15-17-26)37(8,9)25-48-50(10,11)36(5,6)7/h13-17,24,27H,12,18-23,25H2,1-11H3,(H,39,44)/t27-/m0/s1. The number of benzene rings is 1. The van der Waals surface area contributed by atoms with E-state index in [1.165, 1.54) is 0 Å². The molecule has 12 nitrogen and oxygen atoms in total. The van der Waals surface area contributed by atoms with Crippen LogP contribution >= 0.6 is 0 Å². The minimum Gasteiger partial charge on any atom is -0.460 e. The van der Waals surface area contributed by atoms with Crippen molar-refractivity contribution in [3.63, 3.8) is 0 Å². The maximum atomic E-state index is 14.1. The van der Waals surface area contributed by atoms with Gasteiger partial charge in [0.15, 0.2) is 14.1 Å². The van der Waals surface area contributed by atoms with Gasteiger partial charge in [-0.15, -0.1) is 0 Å². The monoisotopic (exact) mass is 711 g/mol. The van der Waals surface area contributed by atoms with E-state index in [-0.39, 0.29) is 49.2 Å². The Balaban J connectivity index is 1.93. The highest BCUT2D eigenvalue weighted by Gasteiger charge is 2.39. The van der Waals surface area contributed by atoms with E-state index in [1.807, 2.05) is 44.2 Å². The SMILES string of the molecule is CCOC(=O)N1CCN(C(=O)[C@H](CCC(=O)OC(C)(C)C)NC(=O)c2cc(C(C)(C)CO[Si](C)(C)C(C)(C)C)nc(-c3ccccc3)n2)CC1. The molecule has 0 saturated carbocycles. The molecular formula is C37H57N5O7Si. The Labute approximate surface area is 298 Å². The zero-order chi connectivity index (χ0) is 37.5. The Morgan fingerprint density at radius 1 is 0.900 bits per heavy atom. The normalized spacial score (nSPS) is 14.9. The first kappa shape index (κ1) is 40.6. The first-order valence-electron chi connectivity index (χ1n) is 17.5. The third kappa shape index (κ3) is 11.3. The molecule has 1 aliphatic heterocycles. The summed E-state index contributed by atoms with van der Waals surface area (Å²) in [6, 6.07) is 10.0. The number of nitrogens with zero attached hydrogens (tertiary/aromatic N) is 4. The molecule has 50 heavy (non-hydrogen) atoms. The molecule has 0 radical (unpaired) electrons. The van der Waals surface area contributed by atoms with Crippen molar-refractivity contribution in [3.05, 3.63) is 47.8 Å². The molecule has 3 rings (SSSR count). The molecule has 0 aliphatic carbocycles. The average Bonchev–Trinajstić information content (AvgIpc) is 3.04. The number of carbonyl (C=O) groups is 4. The minimum absolute atomic E-state index is 0.0152. The Morgan fingerprint density at radius 3 is 2.06 bits per heavy atom. The van der Waals surface area contributed by atoms with Crippen LogP contribution in [-0.4, -0.2) is 103 Å². The number of rotatable bonds is 12. The van der Waals surface area contributed by atoms with Crippen molar-refractivity contribution in [1.29, 1.82) is 0 Å². The summed E-state index contributed by atoms with van der Waals surface area (Å²) in [4.78, 5) is 65.6. The van der Waals surface area contributed by atoms with Gasteiger partial charge < -0.3 is 29.0 Å². The second-order valence-electron chi connectivity index (χ2n) is 15.9. The van der Waals surface area contributed by atoms with Crippen molar-refractivity contribution in [2.45, 2.75) is 110 Å². The Hall–Kier alpha value is -3.84. The maximum absolute atomic E-state index is 14.1. The van der Waals surface area contributed by atoms with Gasteiger partial charge in [-0.1, -0.05) is 65.0 Å². The molecule has 1 aliphatic rings. The van der Waals surface area contributed by atoms with Gasteiger partial charge in [0.25, 0.3) is 5.91 Å². The molecule has 0 unspecified atom stereocenters. The number of carbonyl (C=O) groups excluding carboxylic acids is 4. The lowest BCUT2D eigenvalue weighted by molar-refractivity contribution is -0.155. The molecule has 276 valence electrons. The van der Waals surface area contributed by atoms with Crippen LogP contribution in [0.15, 0.2) is 36.4 Å². The van der Waals surface area contributed by atoms with Gasteiger partial charge in [-0.05, 0) is 58.3 Å². The second-order valence-corrected chi connectivity index (χ2v) is 20.7. The van der Waals surface area contributed by atoms with Crippen LogP contribution in [0.2, 0.25) is 18.1 Å². The second kappa shape index (κ2) is 16.5. The van der Waals surface area contributed by atoms with Gasteiger partial charge in [0.1, 0.15) is 17.3 Å². The number of aromatic nitrogens is 2. The Bertz CT molecular complexity index is 1490. The van der Waals surface area contributed by atoms with E-state index in [4.69, 9.17) is 18.9 Å². The number of piperazine rings is 1. The lowest BCUT2D eigenvalue weighted by Crippen LogP contribution is -2.56. The highest BCUT2D eigenvalue weighted by molar-refractivity contribution is 6.74. The van der Waals surface area contributed by atoms with Gasteiger partial charge in [0.2, 0.25) is 5.91 Å². The summed E-state index contributed by atoms with van der Waals surface area (Å²) in [5.74, 6) is -1.03. The fourth-order valence-corrected chi connectivity index (χ4v) is 6.12. The van der Waals surface area contributed by atoms with Crippen molar-refractivity contribution in [1.82, 2.24) is 25.1 Å². The van der Waals surface area contributed by atoms with E-state index in [2.05, 4.69) is 44.2 Å². The van der Waals surface area contributed by atoms with Crippen molar-refractivity contribution in [2.24, 2.45) is 0 Å². The molecule has 3 amide bonds. The highest BCUT2D eigenvalue weighted by atomic mass is 28.4. The van der Waals surface area contributed by atoms with Gasteiger partial charge in [-0.25, -0.2) is 14.8 Å². The number of esters is 1. The summed E-state index contributed by atoms with van der Waals surface area (Å²) in [6.45, 7) is 23.8. The van der Waals surface area contributed by atoms with E-state index < -0.39 is 43.3 Å². The van der Waals surface area contributed by atoms with Crippen molar-refractivity contribution >= 4 is 32.2 Å². The summed E-state index contributed by atoms with van der Waals surface area (Å²) in [5, 5.41) is 2.89. The Morgan fingerprint density at radius 2 is 1.50 bits per heavy atom. The lowest BCUT2D eigenvalue weighted by atomic mass is 9.89. The number of amides is 3. The summed E-state index contributed by atoms with van der Waals surface area (Å²) in [5.41, 5.74) is 0.178. The van der Waals surface area contributed by atoms with E-state index in [9.17, 15) is 19.2 Å². The first-order chi connectivity index (χ1) is 23.1. The zero-order valence-electron chi connectivity index (χ0n) is 31.8. The van der Waals surface area contributed by atoms with Gasteiger partial charge in [0.05, 0.1) is 12.3 Å². The van der Waals surface area contributed by atoms with Crippen LogP contribution < -0.4 is 5.32 Å². The van der Waals surface area contributed by atoms with E-state index in [0.29, 0.717) is 31.2 Å². The minimum atomic E-state index is -2.09. The summed E-state index contributed by atoms with van der Waals surface area (Å²) < 4.78 is 17.2. The molecule has 1 aromatic carbocycles. The molecule has 2 heterocycles. The van der Waals surface area contributed by atoms with E-state index in [1.54, 1.807) is 43.6 Å². The van der Waals surface area contributed by atoms with Gasteiger partial charge in [0, 0.05) is 50.2 Å². The Kier molecular flexibility index (Phi) is 13.4. The molecule has 0 spiro atoms. The number of hydrogen-bond donors (Lipinski definition) is 1. The van der Waals surface area contributed by atoms with Crippen molar-refractivity contribution in [3.8, 4) is 11.4 Å². The van der Waals surface area contributed by atoms with Gasteiger partial charge in [-0.3, -0.25) is 14.4 Å². The van der Waals surface area contributed by atoms with Crippen LogP contribution in [0.25, 0.3) is 11.4 Å². The predicted molar refractivity (Wildman–Crippen MR) is 195 cm³/mol.